The van der Waals surface area contributed by atoms with E-state index in [1.54, 1.807) is 0 Å². The van der Waals surface area contributed by atoms with E-state index in [9.17, 15) is 34.4 Å². The number of hydrogen-bond acceptors (Lipinski definition) is 8. The molecule has 0 saturated carbocycles. The van der Waals surface area contributed by atoms with Crippen LogP contribution in [0.25, 0.3) is 0 Å². The number of nitro benzene ring substituents is 1. The van der Waals surface area contributed by atoms with Gasteiger partial charge < -0.3 is 32.5 Å². The molecule has 0 aliphatic heterocycles. The zero-order chi connectivity index (χ0) is 26.0. The van der Waals surface area contributed by atoms with Gasteiger partial charge in [0.05, 0.1) is 23.8 Å². The van der Waals surface area contributed by atoms with E-state index in [0.717, 1.165) is 0 Å². The van der Waals surface area contributed by atoms with Crippen LogP contribution < -0.4 is 32.7 Å². The second-order valence-corrected chi connectivity index (χ2v) is 6.82. The lowest BCUT2D eigenvalue weighted by molar-refractivity contribution is -0.384. The van der Waals surface area contributed by atoms with E-state index in [2.05, 4.69) is 26.3 Å². The Morgan fingerprint density at radius 3 is 2.20 bits per heavy atom. The van der Waals surface area contributed by atoms with Crippen molar-refractivity contribution in [3.8, 4) is 0 Å². The number of nitrogens with zero attached hydrogens (tertiary/aromatic N) is 2. The minimum atomic E-state index is -1.42. The van der Waals surface area contributed by atoms with Crippen molar-refractivity contribution in [1.82, 2.24) is 16.0 Å². The summed E-state index contributed by atoms with van der Waals surface area (Å²) >= 11 is 0. The topological polar surface area (TPSA) is 244 Å². The number of urea groups is 1. The molecule has 0 bridgehead atoms. The summed E-state index contributed by atoms with van der Waals surface area (Å²) in [4.78, 5) is 62.2. The van der Waals surface area contributed by atoms with Crippen LogP contribution in [0.3, 0.4) is 0 Å². The monoisotopic (exact) mass is 486 g/mol. The third-order valence-electron chi connectivity index (χ3n) is 4.20. The van der Waals surface area contributed by atoms with Crippen molar-refractivity contribution in [1.29, 1.82) is 0 Å². The summed E-state index contributed by atoms with van der Waals surface area (Å²) in [5, 5.41) is 28.8. The Morgan fingerprint density at radius 2 is 1.66 bits per heavy atom. The number of nitrogens with one attached hydrogen (secondary N) is 4. The number of benzene rings is 2. The molecule has 2 rings (SSSR count). The number of hydrogen-bond donors (Lipinski definition) is 7. The standard InChI is InChI=1S/C20H22N8O7/c21-19(22)24-12-3-1-11(2-4-12)17(31)27-16(30)9-23-18(32)15(10-29)26-20(33)25-13-5-7-14(8-6-13)28(34)35/h1-8,15,29H,9-10H2,(H,23,32)(H4,21,22,24)(H2,25,26,33)(H,27,30,31)/t15-/m0/s1. The highest BCUT2D eigenvalue weighted by atomic mass is 16.6. The molecule has 0 heterocycles. The van der Waals surface area contributed by atoms with Crippen molar-refractivity contribution < 1.29 is 29.2 Å². The third-order valence-corrected chi connectivity index (χ3v) is 4.20. The number of rotatable bonds is 9. The number of nitrogens with two attached hydrogens (primary N) is 2. The molecule has 0 aromatic heterocycles. The van der Waals surface area contributed by atoms with Crippen LogP contribution in [0.15, 0.2) is 53.5 Å². The van der Waals surface area contributed by atoms with Gasteiger partial charge in [0, 0.05) is 23.4 Å². The Bertz CT molecular complexity index is 1130. The predicted molar refractivity (Wildman–Crippen MR) is 124 cm³/mol. The van der Waals surface area contributed by atoms with Gasteiger partial charge in [0.25, 0.3) is 11.6 Å². The second kappa shape index (κ2) is 12.3. The SMILES string of the molecule is NC(N)=Nc1ccc(C(=O)NC(=O)CNC(=O)[C@H](CO)NC(=O)Nc2ccc([N+](=O)[O-])cc2)cc1. The van der Waals surface area contributed by atoms with E-state index in [1.165, 1.54) is 48.5 Å². The highest BCUT2D eigenvalue weighted by Crippen LogP contribution is 2.15. The number of nitro groups is 1. The molecule has 0 fully saturated rings. The molecule has 0 radical (unpaired) electrons. The number of aliphatic imine (C=N–C) groups is 1. The number of anilines is 1. The predicted octanol–water partition coefficient (Wildman–Crippen LogP) is -0.945. The fraction of sp³-hybridized carbons (Fsp3) is 0.150. The molecular weight excluding hydrogens is 464 g/mol. The summed E-state index contributed by atoms with van der Waals surface area (Å²) < 4.78 is 0. The lowest BCUT2D eigenvalue weighted by Gasteiger charge is -2.16. The molecule has 9 N–H and O–H groups in total. The summed E-state index contributed by atoms with van der Waals surface area (Å²) in [5.74, 6) is -2.63. The van der Waals surface area contributed by atoms with E-state index in [-0.39, 0.29) is 22.9 Å². The molecule has 1 atom stereocenters. The molecule has 0 spiro atoms. The Balaban J connectivity index is 1.82. The van der Waals surface area contributed by atoms with Crippen LogP contribution in [0.1, 0.15) is 10.4 Å². The maximum absolute atomic E-state index is 12.2. The van der Waals surface area contributed by atoms with Gasteiger partial charge >= 0.3 is 6.03 Å². The van der Waals surface area contributed by atoms with Crippen LogP contribution in [-0.4, -0.2) is 58.9 Å². The number of aliphatic hydroxyl groups is 1. The highest BCUT2D eigenvalue weighted by Gasteiger charge is 2.21. The Labute approximate surface area is 197 Å². The van der Waals surface area contributed by atoms with Gasteiger partial charge in [-0.25, -0.2) is 9.79 Å². The van der Waals surface area contributed by atoms with Crippen LogP contribution in [0.4, 0.5) is 21.9 Å². The first kappa shape index (κ1) is 26.2. The van der Waals surface area contributed by atoms with Gasteiger partial charge in [-0.05, 0) is 36.4 Å². The summed E-state index contributed by atoms with van der Waals surface area (Å²) in [6.07, 6.45) is 0. The molecule has 15 heteroatoms. The van der Waals surface area contributed by atoms with Gasteiger partial charge in [-0.1, -0.05) is 0 Å². The first-order chi connectivity index (χ1) is 16.6. The number of non-ortho nitro benzene ring substituents is 1. The molecule has 15 nitrogen and oxygen atoms in total. The van der Waals surface area contributed by atoms with Crippen molar-refractivity contribution in [3.05, 3.63) is 64.2 Å². The van der Waals surface area contributed by atoms with Gasteiger partial charge in [0.1, 0.15) is 6.04 Å². The summed E-state index contributed by atoms with van der Waals surface area (Å²) in [5.41, 5.74) is 11.1. The van der Waals surface area contributed by atoms with E-state index < -0.39 is 47.9 Å². The number of aliphatic hydroxyl groups excluding tert-OH is 1. The molecule has 35 heavy (non-hydrogen) atoms. The molecule has 2 aromatic carbocycles. The van der Waals surface area contributed by atoms with Crippen LogP contribution in [-0.2, 0) is 9.59 Å². The second-order valence-electron chi connectivity index (χ2n) is 6.82. The number of amides is 5. The fourth-order valence-corrected chi connectivity index (χ4v) is 2.56. The summed E-state index contributed by atoms with van der Waals surface area (Å²) in [6, 6.07) is 8.30. The lowest BCUT2D eigenvalue weighted by Crippen LogP contribution is -2.52. The van der Waals surface area contributed by atoms with E-state index in [1.807, 2.05) is 0 Å². The molecule has 0 aliphatic rings. The third kappa shape index (κ3) is 8.43. The van der Waals surface area contributed by atoms with Crippen LogP contribution in [0.2, 0.25) is 0 Å². The van der Waals surface area contributed by atoms with Crippen molar-refractivity contribution >= 4 is 46.8 Å². The fourth-order valence-electron chi connectivity index (χ4n) is 2.56. The van der Waals surface area contributed by atoms with Crippen LogP contribution >= 0.6 is 0 Å². The van der Waals surface area contributed by atoms with Crippen molar-refractivity contribution in [2.75, 3.05) is 18.5 Å². The smallest absolute Gasteiger partial charge is 0.319 e. The average molecular weight is 486 g/mol. The number of carbonyl (C=O) groups is 4. The minimum absolute atomic E-state index is 0.136. The molecule has 0 unspecified atom stereocenters. The first-order valence-corrected chi connectivity index (χ1v) is 9.83. The summed E-state index contributed by atoms with van der Waals surface area (Å²) in [6.45, 7) is -1.40. The van der Waals surface area contributed by atoms with Crippen molar-refractivity contribution in [2.24, 2.45) is 16.5 Å². The highest BCUT2D eigenvalue weighted by molar-refractivity contribution is 6.06. The molecule has 0 aliphatic carbocycles. The lowest BCUT2D eigenvalue weighted by atomic mass is 10.2. The molecule has 0 saturated heterocycles. The number of carbonyl (C=O) groups excluding carboxylic acids is 4. The zero-order valence-electron chi connectivity index (χ0n) is 18.1. The zero-order valence-corrected chi connectivity index (χ0v) is 18.1. The maximum Gasteiger partial charge on any atom is 0.319 e. The van der Waals surface area contributed by atoms with Gasteiger partial charge in [0.2, 0.25) is 11.8 Å². The first-order valence-electron chi connectivity index (χ1n) is 9.83. The molecule has 184 valence electrons. The number of guanidine groups is 1. The normalized spacial score (nSPS) is 10.9. The van der Waals surface area contributed by atoms with Crippen molar-refractivity contribution in [3.63, 3.8) is 0 Å². The molecular formula is C20H22N8O7. The summed E-state index contributed by atoms with van der Waals surface area (Å²) in [7, 11) is 0. The Hall–Kier alpha value is -5.05. The van der Waals surface area contributed by atoms with Gasteiger partial charge in [-0.2, -0.15) is 0 Å². The van der Waals surface area contributed by atoms with Gasteiger partial charge in [-0.3, -0.25) is 29.8 Å². The quantitative estimate of drug-likeness (QED) is 0.0998. The van der Waals surface area contributed by atoms with E-state index in [4.69, 9.17) is 11.5 Å². The van der Waals surface area contributed by atoms with Gasteiger partial charge in [-0.15, -0.1) is 0 Å². The maximum atomic E-state index is 12.2. The van der Waals surface area contributed by atoms with E-state index in [0.29, 0.717) is 5.69 Å². The van der Waals surface area contributed by atoms with Crippen molar-refractivity contribution in [2.45, 2.75) is 6.04 Å². The minimum Gasteiger partial charge on any atom is -0.394 e. The Morgan fingerprint density at radius 1 is 1.03 bits per heavy atom. The average Bonchev–Trinajstić information content (AvgIpc) is 2.81. The number of imide groups is 1. The Kier molecular flexibility index (Phi) is 9.18. The van der Waals surface area contributed by atoms with E-state index >= 15 is 0 Å². The largest absolute Gasteiger partial charge is 0.394 e. The van der Waals surface area contributed by atoms with Gasteiger partial charge in [0.15, 0.2) is 5.96 Å². The van der Waals surface area contributed by atoms with Crippen LogP contribution in [0, 0.1) is 10.1 Å². The molecule has 5 amide bonds. The van der Waals surface area contributed by atoms with Crippen LogP contribution in [0.5, 0.6) is 0 Å². The molecule has 2 aromatic rings.